The van der Waals surface area contributed by atoms with Crippen molar-refractivity contribution in [2.45, 2.75) is 45.4 Å². The summed E-state index contributed by atoms with van der Waals surface area (Å²) in [5.41, 5.74) is -1.22. The molecule has 1 atom stereocenters. The first-order valence-corrected chi connectivity index (χ1v) is 7.02. The van der Waals surface area contributed by atoms with Crippen molar-refractivity contribution in [2.75, 3.05) is 13.1 Å². The Morgan fingerprint density at radius 1 is 1.41 bits per heavy atom. The normalized spacial score (nSPS) is 25.1. The molecule has 22 heavy (non-hydrogen) atoms. The average Bonchev–Trinajstić information content (AvgIpc) is 2.35. The number of nitrogens with zero attached hydrogens (tertiary/aromatic N) is 2. The van der Waals surface area contributed by atoms with Gasteiger partial charge in [0.2, 0.25) is 11.6 Å². The van der Waals surface area contributed by atoms with Crippen LogP contribution in [0, 0.1) is 0 Å². The van der Waals surface area contributed by atoms with E-state index in [-0.39, 0.29) is 12.4 Å². The van der Waals surface area contributed by atoms with Crippen LogP contribution in [0.15, 0.2) is 16.3 Å². The monoisotopic (exact) mass is 311 g/mol. The first-order valence-electron chi connectivity index (χ1n) is 7.02. The number of hydrogen-bond acceptors (Lipinski definition) is 5. The molecule has 1 amide bonds. The Balaban J connectivity index is 2.18. The van der Waals surface area contributed by atoms with Crippen LogP contribution in [0.5, 0.6) is 0 Å². The van der Waals surface area contributed by atoms with Gasteiger partial charge in [0.25, 0.3) is 0 Å². The van der Waals surface area contributed by atoms with Gasteiger partial charge in [0, 0.05) is 17.8 Å². The Hall–Kier alpha value is -2.25. The lowest BCUT2D eigenvalue weighted by molar-refractivity contribution is -0.143. The van der Waals surface area contributed by atoms with Crippen LogP contribution in [0.1, 0.15) is 34.1 Å². The van der Waals surface area contributed by atoms with Gasteiger partial charge in [-0.25, -0.2) is 14.6 Å². The van der Waals surface area contributed by atoms with E-state index in [1.165, 1.54) is 11.8 Å². The van der Waals surface area contributed by atoms with Crippen molar-refractivity contribution in [1.82, 2.24) is 10.2 Å². The summed E-state index contributed by atoms with van der Waals surface area (Å²) in [5.74, 6) is -1.50. The molecule has 0 aliphatic carbocycles. The third-order valence-electron chi connectivity index (χ3n) is 3.41. The number of aliphatic imine (C=N–C) groups is 1. The molecule has 2 aliphatic rings. The molecule has 2 rings (SSSR count). The number of aliphatic hydroxyl groups excluding tert-OH is 1. The molecule has 1 unspecified atom stereocenters. The highest BCUT2D eigenvalue weighted by Gasteiger charge is 2.41. The van der Waals surface area contributed by atoms with Crippen LogP contribution in [0.2, 0.25) is 0 Å². The maximum Gasteiger partial charge on any atom is 0.410 e. The van der Waals surface area contributed by atoms with Crippen LogP contribution < -0.4 is 5.32 Å². The number of amides is 1. The SMILES string of the molecule is CC(C)(C)OC(=O)N1CCC2=C(C1)NC(C)(C(=O)O)N=C2O. The van der Waals surface area contributed by atoms with E-state index in [1.54, 1.807) is 20.8 Å². The Morgan fingerprint density at radius 2 is 2.05 bits per heavy atom. The summed E-state index contributed by atoms with van der Waals surface area (Å²) in [5, 5.41) is 22.0. The Labute approximate surface area is 128 Å². The van der Waals surface area contributed by atoms with Crippen molar-refractivity contribution < 1.29 is 24.5 Å². The molecule has 0 aromatic heterocycles. The van der Waals surface area contributed by atoms with Gasteiger partial charge in [-0.15, -0.1) is 0 Å². The maximum atomic E-state index is 12.1. The number of aliphatic carboxylic acids is 1. The summed E-state index contributed by atoms with van der Waals surface area (Å²) in [6.45, 7) is 7.20. The van der Waals surface area contributed by atoms with Crippen molar-refractivity contribution in [1.29, 1.82) is 0 Å². The van der Waals surface area contributed by atoms with E-state index in [4.69, 9.17) is 4.74 Å². The van der Waals surface area contributed by atoms with Crippen LogP contribution in [-0.4, -0.2) is 57.4 Å². The molecule has 8 nitrogen and oxygen atoms in total. The van der Waals surface area contributed by atoms with E-state index < -0.39 is 23.3 Å². The van der Waals surface area contributed by atoms with Gasteiger partial charge in [-0.1, -0.05) is 0 Å². The maximum absolute atomic E-state index is 12.1. The zero-order valence-electron chi connectivity index (χ0n) is 13.1. The fourth-order valence-corrected chi connectivity index (χ4v) is 2.31. The van der Waals surface area contributed by atoms with Gasteiger partial charge in [0.1, 0.15) is 5.60 Å². The number of carboxylic acids is 1. The van der Waals surface area contributed by atoms with Crippen molar-refractivity contribution in [2.24, 2.45) is 4.99 Å². The molecule has 0 bridgehead atoms. The standard InChI is InChI=1S/C14H21N3O5/c1-13(2,3)22-12(21)17-6-5-8-9(7-17)15-14(4,11(19)20)16-10(8)18/h15H,5-7H2,1-4H3,(H,16,18)(H,19,20). The zero-order valence-corrected chi connectivity index (χ0v) is 13.1. The van der Waals surface area contributed by atoms with Gasteiger partial charge in [-0.3, -0.25) is 0 Å². The second-order valence-corrected chi connectivity index (χ2v) is 6.55. The van der Waals surface area contributed by atoms with Gasteiger partial charge >= 0.3 is 12.1 Å². The number of carboxylic acid groups (broad SMARTS) is 1. The quantitative estimate of drug-likeness (QED) is 0.672. The predicted octanol–water partition coefficient (Wildman–Crippen LogP) is 1.24. The largest absolute Gasteiger partial charge is 0.493 e. The van der Waals surface area contributed by atoms with Gasteiger partial charge < -0.3 is 25.2 Å². The third-order valence-corrected chi connectivity index (χ3v) is 3.41. The number of ether oxygens (including phenoxy) is 1. The number of hydrogen-bond donors (Lipinski definition) is 3. The molecule has 0 spiro atoms. The molecule has 8 heteroatoms. The molecule has 2 heterocycles. The lowest BCUT2D eigenvalue weighted by atomic mass is 10.0. The second-order valence-electron chi connectivity index (χ2n) is 6.55. The molecule has 0 fully saturated rings. The zero-order chi connectivity index (χ0) is 16.7. The van der Waals surface area contributed by atoms with Crippen LogP contribution in [0.4, 0.5) is 4.79 Å². The summed E-state index contributed by atoms with van der Waals surface area (Å²) in [6.07, 6.45) is -0.0908. The Morgan fingerprint density at radius 3 is 2.59 bits per heavy atom. The number of carbonyl (C=O) groups is 2. The Kier molecular flexibility index (Phi) is 3.80. The van der Waals surface area contributed by atoms with Crippen LogP contribution in [-0.2, 0) is 9.53 Å². The highest BCUT2D eigenvalue weighted by atomic mass is 16.6. The lowest BCUT2D eigenvalue weighted by Gasteiger charge is -2.37. The van der Waals surface area contributed by atoms with Crippen molar-refractivity contribution >= 4 is 18.0 Å². The molecule has 122 valence electrons. The van der Waals surface area contributed by atoms with Gasteiger partial charge in [-0.2, -0.15) is 0 Å². The van der Waals surface area contributed by atoms with Gasteiger partial charge in [-0.05, 0) is 34.1 Å². The van der Waals surface area contributed by atoms with Crippen LogP contribution in [0.25, 0.3) is 0 Å². The van der Waals surface area contributed by atoms with Crippen molar-refractivity contribution in [3.8, 4) is 0 Å². The van der Waals surface area contributed by atoms with Crippen molar-refractivity contribution in [3.05, 3.63) is 11.3 Å². The first-order chi connectivity index (χ1) is 10.0. The third kappa shape index (κ3) is 3.15. The predicted molar refractivity (Wildman–Crippen MR) is 78.7 cm³/mol. The minimum absolute atomic E-state index is 0.146. The van der Waals surface area contributed by atoms with E-state index in [0.717, 1.165) is 0 Å². The van der Waals surface area contributed by atoms with Crippen LogP contribution in [0.3, 0.4) is 0 Å². The molecule has 0 radical (unpaired) electrons. The second kappa shape index (κ2) is 5.19. The summed E-state index contributed by atoms with van der Waals surface area (Å²) in [7, 11) is 0. The molecule has 2 aliphatic heterocycles. The van der Waals surface area contributed by atoms with E-state index >= 15 is 0 Å². The van der Waals surface area contributed by atoms with Crippen LogP contribution >= 0.6 is 0 Å². The molecule has 0 aromatic carbocycles. The lowest BCUT2D eigenvalue weighted by Crippen LogP contribution is -2.55. The highest BCUT2D eigenvalue weighted by Crippen LogP contribution is 2.26. The number of carbonyl (C=O) groups excluding carboxylic acids is 1. The Bertz CT molecular complexity index is 576. The summed E-state index contributed by atoms with van der Waals surface area (Å²) < 4.78 is 5.31. The number of aliphatic hydroxyl groups is 1. The molecular formula is C14H21N3O5. The summed E-state index contributed by atoms with van der Waals surface area (Å²) >= 11 is 0. The van der Waals surface area contributed by atoms with Gasteiger partial charge in [0.05, 0.1) is 6.54 Å². The van der Waals surface area contributed by atoms with Gasteiger partial charge in [0.15, 0.2) is 0 Å². The fraction of sp³-hybridized carbons (Fsp3) is 0.643. The topological polar surface area (TPSA) is 111 Å². The summed E-state index contributed by atoms with van der Waals surface area (Å²) in [6, 6.07) is 0. The molecule has 3 N–H and O–H groups in total. The van der Waals surface area contributed by atoms with Crippen molar-refractivity contribution in [3.63, 3.8) is 0 Å². The fourth-order valence-electron chi connectivity index (χ4n) is 2.31. The average molecular weight is 311 g/mol. The van der Waals surface area contributed by atoms with E-state index in [9.17, 15) is 19.8 Å². The molecule has 0 saturated heterocycles. The molecule has 0 aromatic rings. The minimum atomic E-state index is -1.64. The molecule has 0 saturated carbocycles. The smallest absolute Gasteiger partial charge is 0.410 e. The highest BCUT2D eigenvalue weighted by molar-refractivity contribution is 5.97. The van der Waals surface area contributed by atoms with E-state index in [2.05, 4.69) is 10.3 Å². The first kappa shape index (κ1) is 16.1. The van der Waals surface area contributed by atoms with E-state index in [0.29, 0.717) is 24.2 Å². The summed E-state index contributed by atoms with van der Waals surface area (Å²) in [4.78, 5) is 28.7. The van der Waals surface area contributed by atoms with E-state index in [1.807, 2.05) is 0 Å². The minimum Gasteiger partial charge on any atom is -0.493 e. The number of rotatable bonds is 1. The number of nitrogens with one attached hydrogen (secondary N) is 1. The molecular weight excluding hydrogens is 290 g/mol.